The second-order valence-corrected chi connectivity index (χ2v) is 9.23. The van der Waals surface area contributed by atoms with Gasteiger partial charge in [-0.05, 0) is 61.4 Å². The quantitative estimate of drug-likeness (QED) is 0.437. The Morgan fingerprint density at radius 3 is 2.66 bits per heavy atom. The van der Waals surface area contributed by atoms with Gasteiger partial charge in [0.25, 0.3) is 5.56 Å². The van der Waals surface area contributed by atoms with E-state index in [1.165, 1.54) is 17.7 Å². The van der Waals surface area contributed by atoms with Gasteiger partial charge in [0.05, 0.1) is 0 Å². The van der Waals surface area contributed by atoms with Gasteiger partial charge in [-0.2, -0.15) is 0 Å². The van der Waals surface area contributed by atoms with E-state index in [9.17, 15) is 9.90 Å². The smallest absolute Gasteiger partial charge is 0.264 e. The molecule has 3 heterocycles. The Hall–Kier alpha value is -4.05. The average Bonchev–Trinajstić information content (AvgIpc) is 3.31. The van der Waals surface area contributed by atoms with Gasteiger partial charge in [-0.25, -0.2) is 9.78 Å². The first kappa shape index (κ1) is 22.7. The highest BCUT2D eigenvalue weighted by Gasteiger charge is 2.54. The Labute approximate surface area is 201 Å². The number of aryl methyl sites for hydroxylation is 2. The molecule has 2 unspecified atom stereocenters. The van der Waals surface area contributed by atoms with E-state index >= 15 is 0 Å². The maximum absolute atomic E-state index is 11.5. The lowest BCUT2D eigenvalue weighted by Gasteiger charge is -2.48. The largest absolute Gasteiger partial charge is 0.484 e. The predicted molar refractivity (Wildman–Crippen MR) is 127 cm³/mol. The van der Waals surface area contributed by atoms with Gasteiger partial charge in [-0.3, -0.25) is 4.79 Å². The van der Waals surface area contributed by atoms with Crippen molar-refractivity contribution in [3.63, 3.8) is 0 Å². The SMILES string of the molecule is CC1(C)Oc2ccc(-c3nnnn3CCc3ccccc3)cc2C(Oc2ccc(=O)[nH]n2)C1(C)O. The summed E-state index contributed by atoms with van der Waals surface area (Å²) >= 11 is 0. The molecule has 0 spiro atoms. The first-order valence-corrected chi connectivity index (χ1v) is 11.3. The van der Waals surface area contributed by atoms with Gasteiger partial charge < -0.3 is 14.6 Å². The summed E-state index contributed by atoms with van der Waals surface area (Å²) in [5.41, 5.74) is -0.183. The number of fused-ring (bicyclic) bond motifs is 1. The molecular weight excluding hydrogens is 448 g/mol. The number of aromatic nitrogens is 6. The number of rotatable bonds is 6. The lowest BCUT2D eigenvalue weighted by Crippen LogP contribution is -2.59. The first-order valence-electron chi connectivity index (χ1n) is 11.3. The summed E-state index contributed by atoms with van der Waals surface area (Å²) in [4.78, 5) is 11.4. The van der Waals surface area contributed by atoms with Crippen molar-refractivity contribution in [3.8, 4) is 23.0 Å². The fourth-order valence-corrected chi connectivity index (χ4v) is 4.12. The fraction of sp³-hybridized carbons (Fsp3) is 0.320. The van der Waals surface area contributed by atoms with Gasteiger partial charge in [-0.1, -0.05) is 30.3 Å². The van der Waals surface area contributed by atoms with Crippen molar-refractivity contribution >= 4 is 0 Å². The van der Waals surface area contributed by atoms with Crippen LogP contribution in [0.5, 0.6) is 11.6 Å². The molecular formula is C25H26N6O4. The number of tetrazole rings is 1. The van der Waals surface area contributed by atoms with Gasteiger partial charge >= 0.3 is 0 Å². The molecule has 0 saturated carbocycles. The third-order valence-electron chi connectivity index (χ3n) is 6.52. The summed E-state index contributed by atoms with van der Waals surface area (Å²) in [6.45, 7) is 5.85. The molecule has 4 aromatic rings. The van der Waals surface area contributed by atoms with Gasteiger partial charge in [0.2, 0.25) is 5.88 Å². The summed E-state index contributed by atoms with van der Waals surface area (Å²) in [5, 5.41) is 30.1. The monoisotopic (exact) mass is 474 g/mol. The highest BCUT2D eigenvalue weighted by molar-refractivity contribution is 5.60. The van der Waals surface area contributed by atoms with E-state index in [-0.39, 0.29) is 11.4 Å². The number of aliphatic hydroxyl groups is 1. The number of hydrogen-bond donors (Lipinski definition) is 2. The van der Waals surface area contributed by atoms with Crippen LogP contribution < -0.4 is 15.0 Å². The molecule has 10 heteroatoms. The van der Waals surface area contributed by atoms with Crippen LogP contribution in [0.15, 0.2) is 65.5 Å². The molecule has 1 aliphatic rings. The molecule has 0 aliphatic carbocycles. The van der Waals surface area contributed by atoms with Gasteiger partial charge in [-0.15, -0.1) is 10.2 Å². The molecule has 35 heavy (non-hydrogen) atoms. The lowest BCUT2D eigenvalue weighted by molar-refractivity contribution is -0.175. The number of H-pyrrole nitrogens is 1. The van der Waals surface area contributed by atoms with Gasteiger partial charge in [0.15, 0.2) is 11.9 Å². The van der Waals surface area contributed by atoms with E-state index in [0.29, 0.717) is 23.7 Å². The molecule has 5 rings (SSSR count). The Morgan fingerprint density at radius 2 is 1.91 bits per heavy atom. The van der Waals surface area contributed by atoms with Crippen LogP contribution in [0.3, 0.4) is 0 Å². The number of ether oxygens (including phenoxy) is 2. The minimum Gasteiger partial charge on any atom is -0.484 e. The molecule has 2 N–H and O–H groups in total. The standard InChI is InChI=1S/C25H26N6O4/c1-24(2)25(3,33)22(34-21-12-11-20(32)26-27-21)18-15-17(9-10-19(18)35-24)23-28-29-30-31(23)14-13-16-7-5-4-6-8-16/h4-12,15,22,33H,13-14H2,1-3H3,(H,26,32). The van der Waals surface area contributed by atoms with Crippen molar-refractivity contribution in [3.05, 3.63) is 82.1 Å². The van der Waals surface area contributed by atoms with Crippen LogP contribution in [0.1, 0.15) is 38.0 Å². The third-order valence-corrected chi connectivity index (χ3v) is 6.52. The van der Waals surface area contributed by atoms with Crippen LogP contribution in [-0.2, 0) is 13.0 Å². The number of aromatic amines is 1. The van der Waals surface area contributed by atoms with Crippen LogP contribution >= 0.6 is 0 Å². The van der Waals surface area contributed by atoms with Crippen molar-refractivity contribution in [1.82, 2.24) is 30.4 Å². The highest BCUT2D eigenvalue weighted by Crippen LogP contribution is 2.48. The summed E-state index contributed by atoms with van der Waals surface area (Å²) in [6, 6.07) is 18.5. The predicted octanol–water partition coefficient (Wildman–Crippen LogP) is 2.71. The lowest BCUT2D eigenvalue weighted by atomic mass is 9.76. The van der Waals surface area contributed by atoms with Crippen LogP contribution in [0.4, 0.5) is 0 Å². The van der Waals surface area contributed by atoms with Crippen molar-refractivity contribution in [2.24, 2.45) is 0 Å². The van der Waals surface area contributed by atoms with Crippen LogP contribution in [0, 0.1) is 0 Å². The van der Waals surface area contributed by atoms with Crippen molar-refractivity contribution < 1.29 is 14.6 Å². The summed E-state index contributed by atoms with van der Waals surface area (Å²) in [7, 11) is 0. The molecule has 10 nitrogen and oxygen atoms in total. The number of nitrogens with zero attached hydrogens (tertiary/aromatic N) is 5. The fourth-order valence-electron chi connectivity index (χ4n) is 4.12. The first-order chi connectivity index (χ1) is 16.7. The Kier molecular flexibility index (Phi) is 5.60. The zero-order chi connectivity index (χ0) is 24.6. The maximum atomic E-state index is 11.5. The molecule has 1 aliphatic heterocycles. The van der Waals surface area contributed by atoms with E-state index in [0.717, 1.165) is 12.0 Å². The van der Waals surface area contributed by atoms with Crippen LogP contribution in [0.2, 0.25) is 0 Å². The zero-order valence-electron chi connectivity index (χ0n) is 19.7. The van der Waals surface area contributed by atoms with Gasteiger partial charge in [0.1, 0.15) is 17.0 Å². The van der Waals surface area contributed by atoms with E-state index in [4.69, 9.17) is 9.47 Å². The Balaban J connectivity index is 1.51. The Morgan fingerprint density at radius 1 is 1.11 bits per heavy atom. The second kappa shape index (κ2) is 8.62. The van der Waals surface area contributed by atoms with Gasteiger partial charge in [0, 0.05) is 29.8 Å². The van der Waals surface area contributed by atoms with Crippen molar-refractivity contribution in [2.45, 2.75) is 51.0 Å². The molecule has 0 fully saturated rings. The van der Waals surface area contributed by atoms with Crippen molar-refractivity contribution in [1.29, 1.82) is 0 Å². The highest BCUT2D eigenvalue weighted by atomic mass is 16.6. The van der Waals surface area contributed by atoms with Crippen LogP contribution in [-0.4, -0.2) is 46.7 Å². The molecule has 0 saturated heterocycles. The van der Waals surface area contributed by atoms with E-state index in [1.54, 1.807) is 25.5 Å². The molecule has 2 aromatic carbocycles. The molecule has 0 bridgehead atoms. The maximum Gasteiger partial charge on any atom is 0.264 e. The number of hydrogen-bond acceptors (Lipinski definition) is 8. The Bertz CT molecular complexity index is 1380. The summed E-state index contributed by atoms with van der Waals surface area (Å²) < 4.78 is 14.0. The molecule has 180 valence electrons. The van der Waals surface area contributed by atoms with E-state index in [2.05, 4.69) is 37.9 Å². The zero-order valence-corrected chi connectivity index (χ0v) is 19.7. The van der Waals surface area contributed by atoms with E-state index in [1.807, 2.05) is 36.4 Å². The molecule has 0 radical (unpaired) electrons. The number of benzene rings is 2. The van der Waals surface area contributed by atoms with E-state index < -0.39 is 17.3 Å². The summed E-state index contributed by atoms with van der Waals surface area (Å²) in [6.07, 6.45) is -0.0624. The molecule has 0 amide bonds. The second-order valence-electron chi connectivity index (χ2n) is 9.23. The minimum atomic E-state index is -1.43. The number of nitrogens with one attached hydrogen (secondary N) is 1. The average molecular weight is 475 g/mol. The third kappa shape index (κ3) is 4.28. The summed E-state index contributed by atoms with van der Waals surface area (Å²) in [5.74, 6) is 1.34. The molecule has 2 atom stereocenters. The normalized spacial score (nSPS) is 20.6. The topological polar surface area (TPSA) is 128 Å². The van der Waals surface area contributed by atoms with Crippen LogP contribution in [0.25, 0.3) is 11.4 Å². The van der Waals surface area contributed by atoms with Crippen molar-refractivity contribution in [2.75, 3.05) is 0 Å². The molecule has 2 aromatic heterocycles. The minimum absolute atomic E-state index is 0.177.